The fourth-order valence-electron chi connectivity index (χ4n) is 2.08. The average molecular weight is 306 g/mol. The fraction of sp³-hybridized carbons (Fsp3) is 0.650. The van der Waals surface area contributed by atoms with Crippen molar-refractivity contribution < 1.29 is 9.53 Å². The molecule has 0 radical (unpaired) electrons. The minimum Gasteiger partial charge on any atom is -0.460 e. The average Bonchev–Trinajstić information content (AvgIpc) is 2.42. The largest absolute Gasteiger partial charge is 0.460 e. The second-order valence-electron chi connectivity index (χ2n) is 6.57. The van der Waals surface area contributed by atoms with Gasteiger partial charge in [-0.2, -0.15) is 0 Å². The number of rotatable bonds is 9. The molecule has 0 rings (SSSR count). The number of hydrogen-bond donors (Lipinski definition) is 0. The summed E-state index contributed by atoms with van der Waals surface area (Å²) in [5, 5.41) is 0. The fourth-order valence-corrected chi connectivity index (χ4v) is 2.08. The molecule has 1 unspecified atom stereocenters. The first-order valence-electron chi connectivity index (χ1n) is 8.46. The van der Waals surface area contributed by atoms with Crippen molar-refractivity contribution in [2.45, 2.75) is 80.3 Å². The predicted molar refractivity (Wildman–Crippen MR) is 95.8 cm³/mol. The van der Waals surface area contributed by atoms with E-state index in [0.717, 1.165) is 18.4 Å². The molecule has 0 saturated carbocycles. The van der Waals surface area contributed by atoms with E-state index < -0.39 is 0 Å². The van der Waals surface area contributed by atoms with E-state index in [1.54, 1.807) is 6.08 Å². The van der Waals surface area contributed by atoms with Gasteiger partial charge in [-0.1, -0.05) is 37.1 Å². The summed E-state index contributed by atoms with van der Waals surface area (Å²) in [6, 6.07) is 0. The number of carbonyl (C=O) groups excluding carboxylic acids is 1. The maximum atomic E-state index is 11.5. The van der Waals surface area contributed by atoms with Crippen LogP contribution in [0, 0.1) is 5.92 Å². The SMILES string of the molecule is CC/C(C)=C(\C)CCC(C)C/C=C/C(C)=C/C(=O)OC(C)C. The summed E-state index contributed by atoms with van der Waals surface area (Å²) >= 11 is 0. The Bertz CT molecular complexity index is 425. The van der Waals surface area contributed by atoms with E-state index >= 15 is 0 Å². The molecule has 0 amide bonds. The van der Waals surface area contributed by atoms with E-state index in [1.165, 1.54) is 24.0 Å². The lowest BCUT2D eigenvalue weighted by atomic mass is 9.96. The Hall–Kier alpha value is -1.31. The highest BCUT2D eigenvalue weighted by molar-refractivity contribution is 5.83. The third-order valence-electron chi connectivity index (χ3n) is 3.89. The zero-order valence-corrected chi connectivity index (χ0v) is 15.5. The van der Waals surface area contributed by atoms with Crippen LogP contribution >= 0.6 is 0 Å². The zero-order chi connectivity index (χ0) is 17.1. The maximum Gasteiger partial charge on any atom is 0.331 e. The number of carbonyl (C=O) groups is 1. The Balaban J connectivity index is 4.21. The van der Waals surface area contributed by atoms with E-state index in [9.17, 15) is 4.79 Å². The van der Waals surface area contributed by atoms with Crippen LogP contribution in [-0.4, -0.2) is 12.1 Å². The summed E-state index contributed by atoms with van der Waals surface area (Å²) in [4.78, 5) is 11.5. The van der Waals surface area contributed by atoms with Crippen LogP contribution in [0.25, 0.3) is 0 Å². The van der Waals surface area contributed by atoms with Gasteiger partial charge in [0.05, 0.1) is 6.10 Å². The minimum absolute atomic E-state index is 0.0663. The molecule has 0 heterocycles. The van der Waals surface area contributed by atoms with Gasteiger partial charge in [0.15, 0.2) is 0 Å². The molecule has 0 spiro atoms. The lowest BCUT2D eigenvalue weighted by Crippen LogP contribution is -2.08. The predicted octanol–water partition coefficient (Wildman–Crippen LogP) is 5.99. The molecule has 0 bridgehead atoms. The van der Waals surface area contributed by atoms with Crippen LogP contribution in [0.15, 0.2) is 34.9 Å². The second kappa shape index (κ2) is 11.3. The number of ether oxygens (including phenoxy) is 1. The Kier molecular flexibility index (Phi) is 10.6. The number of esters is 1. The third-order valence-corrected chi connectivity index (χ3v) is 3.89. The van der Waals surface area contributed by atoms with Gasteiger partial charge in [-0.3, -0.25) is 0 Å². The van der Waals surface area contributed by atoms with Crippen molar-refractivity contribution in [3.05, 3.63) is 34.9 Å². The molecule has 0 aliphatic heterocycles. The molecule has 0 aromatic rings. The summed E-state index contributed by atoms with van der Waals surface area (Å²) in [5.41, 5.74) is 3.99. The van der Waals surface area contributed by atoms with Crippen molar-refractivity contribution in [1.29, 1.82) is 0 Å². The molecular weight excluding hydrogens is 272 g/mol. The Morgan fingerprint density at radius 2 is 1.73 bits per heavy atom. The lowest BCUT2D eigenvalue weighted by Gasteiger charge is -2.11. The molecule has 0 aliphatic rings. The van der Waals surface area contributed by atoms with Crippen LogP contribution in [0.4, 0.5) is 0 Å². The second-order valence-corrected chi connectivity index (χ2v) is 6.57. The highest BCUT2D eigenvalue weighted by atomic mass is 16.5. The van der Waals surface area contributed by atoms with E-state index in [1.807, 2.05) is 26.8 Å². The summed E-state index contributed by atoms with van der Waals surface area (Å²) < 4.78 is 5.09. The molecule has 0 saturated heterocycles. The Morgan fingerprint density at radius 1 is 1.09 bits per heavy atom. The van der Waals surface area contributed by atoms with Gasteiger partial charge in [-0.05, 0) is 71.8 Å². The molecule has 22 heavy (non-hydrogen) atoms. The van der Waals surface area contributed by atoms with Crippen molar-refractivity contribution in [2.24, 2.45) is 5.92 Å². The van der Waals surface area contributed by atoms with Crippen LogP contribution in [-0.2, 0) is 9.53 Å². The standard InChI is InChI=1S/C20H34O2/c1-8-18(6)19(7)13-12-16(4)10-9-11-17(5)14-20(21)22-15(2)3/h9,11,14-16H,8,10,12-13H2,1-7H3/b11-9+,17-14+,19-18+. The zero-order valence-electron chi connectivity index (χ0n) is 15.5. The molecule has 0 N–H and O–H groups in total. The van der Waals surface area contributed by atoms with Crippen molar-refractivity contribution >= 4 is 5.97 Å². The quantitative estimate of drug-likeness (QED) is 0.226. The van der Waals surface area contributed by atoms with Crippen molar-refractivity contribution in [3.8, 4) is 0 Å². The Morgan fingerprint density at radius 3 is 2.27 bits per heavy atom. The monoisotopic (exact) mass is 306 g/mol. The summed E-state index contributed by atoms with van der Waals surface area (Å²) in [7, 11) is 0. The molecule has 0 aliphatic carbocycles. The summed E-state index contributed by atoms with van der Waals surface area (Å²) in [6.07, 6.45) is 10.3. The maximum absolute atomic E-state index is 11.5. The van der Waals surface area contributed by atoms with Gasteiger partial charge in [0, 0.05) is 6.08 Å². The minimum atomic E-state index is -0.263. The first kappa shape index (κ1) is 20.7. The van der Waals surface area contributed by atoms with Gasteiger partial charge >= 0.3 is 5.97 Å². The van der Waals surface area contributed by atoms with Gasteiger partial charge in [0.2, 0.25) is 0 Å². The van der Waals surface area contributed by atoms with E-state index in [2.05, 4.69) is 33.8 Å². The molecule has 1 atom stereocenters. The number of hydrogen-bond acceptors (Lipinski definition) is 2. The van der Waals surface area contributed by atoms with Gasteiger partial charge in [0.25, 0.3) is 0 Å². The van der Waals surface area contributed by atoms with Gasteiger partial charge < -0.3 is 4.74 Å². The van der Waals surface area contributed by atoms with Crippen LogP contribution in [0.5, 0.6) is 0 Å². The van der Waals surface area contributed by atoms with E-state index in [4.69, 9.17) is 4.74 Å². The molecule has 0 aromatic carbocycles. The smallest absolute Gasteiger partial charge is 0.331 e. The first-order chi connectivity index (χ1) is 10.3. The normalized spacial score (nSPS) is 15.2. The molecule has 2 heteroatoms. The molecule has 0 fully saturated rings. The van der Waals surface area contributed by atoms with Crippen LogP contribution in [0.2, 0.25) is 0 Å². The third kappa shape index (κ3) is 10.4. The van der Waals surface area contributed by atoms with Crippen LogP contribution in [0.3, 0.4) is 0 Å². The molecule has 2 nitrogen and oxygen atoms in total. The van der Waals surface area contributed by atoms with E-state index in [0.29, 0.717) is 5.92 Å². The highest BCUT2D eigenvalue weighted by Crippen LogP contribution is 2.19. The van der Waals surface area contributed by atoms with Crippen molar-refractivity contribution in [2.75, 3.05) is 0 Å². The summed E-state index contributed by atoms with van der Waals surface area (Å²) in [6.45, 7) is 14.6. The van der Waals surface area contributed by atoms with Gasteiger partial charge in [0.1, 0.15) is 0 Å². The topological polar surface area (TPSA) is 26.3 Å². The van der Waals surface area contributed by atoms with Crippen molar-refractivity contribution in [1.82, 2.24) is 0 Å². The summed E-state index contributed by atoms with van der Waals surface area (Å²) in [5.74, 6) is 0.396. The number of allylic oxidation sites excluding steroid dienone is 5. The molecular formula is C20H34O2. The highest BCUT2D eigenvalue weighted by Gasteiger charge is 2.03. The lowest BCUT2D eigenvalue weighted by molar-refractivity contribution is -0.141. The van der Waals surface area contributed by atoms with Gasteiger partial charge in [-0.15, -0.1) is 0 Å². The molecule has 0 aromatic heterocycles. The van der Waals surface area contributed by atoms with E-state index in [-0.39, 0.29) is 12.1 Å². The van der Waals surface area contributed by atoms with Crippen molar-refractivity contribution in [3.63, 3.8) is 0 Å². The van der Waals surface area contributed by atoms with Gasteiger partial charge in [-0.25, -0.2) is 4.79 Å². The van der Waals surface area contributed by atoms with Crippen LogP contribution in [0.1, 0.15) is 74.1 Å². The molecule has 126 valence electrons. The Labute approximate surface area is 137 Å². The first-order valence-corrected chi connectivity index (χ1v) is 8.46. The van der Waals surface area contributed by atoms with Crippen LogP contribution < -0.4 is 0 Å².